The van der Waals surface area contributed by atoms with Crippen LogP contribution in [0.15, 0.2) is 85.1 Å². The molecule has 0 N–H and O–H groups in total. The van der Waals surface area contributed by atoms with E-state index >= 15 is 0 Å². The largest absolute Gasteiger partial charge is 0.462 e. The zero-order valence-electron chi connectivity index (χ0n) is 39.7. The van der Waals surface area contributed by atoms with Gasteiger partial charge in [-0.25, -0.2) is 0 Å². The number of rotatable bonds is 44. The second-order valence-electron chi connectivity index (χ2n) is 16.3. The van der Waals surface area contributed by atoms with Gasteiger partial charge in [-0.2, -0.15) is 0 Å². The molecular weight excluding hydrogens is 757 g/mol. The van der Waals surface area contributed by atoms with Crippen LogP contribution in [-0.4, -0.2) is 37.2 Å². The molecule has 0 aliphatic carbocycles. The molecule has 0 aliphatic rings. The van der Waals surface area contributed by atoms with E-state index in [0.717, 1.165) is 109 Å². The fourth-order valence-electron chi connectivity index (χ4n) is 6.64. The van der Waals surface area contributed by atoms with Gasteiger partial charge in [0.05, 0.1) is 0 Å². The van der Waals surface area contributed by atoms with Crippen molar-refractivity contribution in [1.82, 2.24) is 0 Å². The maximum Gasteiger partial charge on any atom is 0.306 e. The van der Waals surface area contributed by atoms with Crippen molar-refractivity contribution < 1.29 is 28.6 Å². The standard InChI is InChI=1S/C55H92O6/c1-4-7-10-13-16-19-21-23-25-27-28-30-31-33-36-39-42-45-48-54(57)60-51-52(50-59-53(56)47-44-41-38-35-18-15-12-9-6-3)61-55(58)49-46-43-40-37-34-32-29-26-24-22-20-17-14-11-8-5-2/h8-9,11-12,17-18,20,24,26,28,30,32,34-35,52H,4-7,10,13-16,19,21-23,25,27,29,31,33,36-51H2,1-3H3/b11-8-,12-9-,20-17-,26-24-,30-28-,34-32-,35-18-. The number of carbonyl (C=O) groups excluding carboxylic acids is 3. The Balaban J connectivity index is 4.41. The fraction of sp³-hybridized carbons (Fsp3) is 0.691. The van der Waals surface area contributed by atoms with Gasteiger partial charge in [0.15, 0.2) is 6.10 Å². The fourth-order valence-corrected chi connectivity index (χ4v) is 6.64. The van der Waals surface area contributed by atoms with E-state index in [0.29, 0.717) is 12.8 Å². The maximum absolute atomic E-state index is 12.8. The zero-order valence-corrected chi connectivity index (χ0v) is 39.7. The van der Waals surface area contributed by atoms with Crippen molar-refractivity contribution in [1.29, 1.82) is 0 Å². The smallest absolute Gasteiger partial charge is 0.306 e. The van der Waals surface area contributed by atoms with Gasteiger partial charge in [-0.15, -0.1) is 0 Å². The molecule has 348 valence electrons. The Morgan fingerprint density at radius 1 is 0.344 bits per heavy atom. The number of hydrogen-bond acceptors (Lipinski definition) is 6. The molecular formula is C55H92O6. The Morgan fingerprint density at radius 3 is 1.07 bits per heavy atom. The van der Waals surface area contributed by atoms with Gasteiger partial charge in [0.2, 0.25) is 0 Å². The molecule has 0 heterocycles. The highest BCUT2D eigenvalue weighted by Crippen LogP contribution is 2.13. The van der Waals surface area contributed by atoms with E-state index in [9.17, 15) is 14.4 Å². The number of unbranched alkanes of at least 4 members (excludes halogenated alkanes) is 19. The van der Waals surface area contributed by atoms with E-state index in [1.165, 1.54) is 77.0 Å². The minimum atomic E-state index is -0.808. The lowest BCUT2D eigenvalue weighted by atomic mass is 10.1. The van der Waals surface area contributed by atoms with Crippen molar-refractivity contribution in [3.63, 3.8) is 0 Å². The quantitative estimate of drug-likeness (QED) is 0.0263. The third kappa shape index (κ3) is 47.5. The summed E-state index contributed by atoms with van der Waals surface area (Å²) in [5, 5.41) is 0. The zero-order chi connectivity index (χ0) is 44.4. The molecule has 0 aromatic heterocycles. The highest BCUT2D eigenvalue weighted by molar-refractivity contribution is 5.71. The van der Waals surface area contributed by atoms with Crippen LogP contribution < -0.4 is 0 Å². The van der Waals surface area contributed by atoms with Gasteiger partial charge >= 0.3 is 17.9 Å². The van der Waals surface area contributed by atoms with Crippen molar-refractivity contribution in [3.05, 3.63) is 85.1 Å². The first-order valence-corrected chi connectivity index (χ1v) is 25.1. The summed E-state index contributed by atoms with van der Waals surface area (Å²) in [6.07, 6.45) is 63.0. The molecule has 0 bridgehead atoms. The lowest BCUT2D eigenvalue weighted by molar-refractivity contribution is -0.167. The predicted octanol–water partition coefficient (Wildman–Crippen LogP) is 16.4. The van der Waals surface area contributed by atoms with E-state index in [4.69, 9.17) is 14.2 Å². The molecule has 0 spiro atoms. The molecule has 0 aromatic rings. The molecule has 0 rings (SSSR count). The first kappa shape index (κ1) is 57.6. The molecule has 6 heteroatoms. The Kier molecular flexibility index (Phi) is 46.5. The van der Waals surface area contributed by atoms with Crippen LogP contribution in [0.3, 0.4) is 0 Å². The van der Waals surface area contributed by atoms with Gasteiger partial charge in [-0.05, 0) is 109 Å². The van der Waals surface area contributed by atoms with Crippen LogP contribution >= 0.6 is 0 Å². The van der Waals surface area contributed by atoms with Gasteiger partial charge in [0.1, 0.15) is 13.2 Å². The van der Waals surface area contributed by atoms with Crippen LogP contribution in [0.25, 0.3) is 0 Å². The number of esters is 3. The van der Waals surface area contributed by atoms with Crippen LogP contribution in [0.4, 0.5) is 0 Å². The molecule has 0 aromatic carbocycles. The van der Waals surface area contributed by atoms with Gasteiger partial charge in [-0.1, -0.05) is 183 Å². The molecule has 0 aliphatic heterocycles. The van der Waals surface area contributed by atoms with E-state index in [1.54, 1.807) is 0 Å². The summed E-state index contributed by atoms with van der Waals surface area (Å²) in [5.41, 5.74) is 0. The molecule has 1 atom stereocenters. The average molecular weight is 849 g/mol. The Labute approximate surface area is 375 Å². The van der Waals surface area contributed by atoms with Crippen molar-refractivity contribution in [2.45, 2.75) is 232 Å². The van der Waals surface area contributed by atoms with E-state index in [1.807, 2.05) is 0 Å². The topological polar surface area (TPSA) is 78.9 Å². The summed E-state index contributed by atoms with van der Waals surface area (Å²) < 4.78 is 16.7. The van der Waals surface area contributed by atoms with Gasteiger partial charge < -0.3 is 14.2 Å². The van der Waals surface area contributed by atoms with Gasteiger partial charge in [0, 0.05) is 19.3 Å². The molecule has 61 heavy (non-hydrogen) atoms. The Bertz CT molecular complexity index is 1200. The SMILES string of the molecule is CC/C=C\C/C=C\C/C=C\C/C=C\CCCCCC(=O)OC(COC(=O)CCCC/C=C\C/C=C\CC)COC(=O)CCCCCCC/C=C\CCCCCCCCCCC. The predicted molar refractivity (Wildman–Crippen MR) is 261 cm³/mol. The highest BCUT2D eigenvalue weighted by atomic mass is 16.6. The minimum absolute atomic E-state index is 0.105. The maximum atomic E-state index is 12.8. The minimum Gasteiger partial charge on any atom is -0.462 e. The number of allylic oxidation sites excluding steroid dienone is 14. The molecule has 0 amide bonds. The highest BCUT2D eigenvalue weighted by Gasteiger charge is 2.19. The molecule has 0 saturated heterocycles. The summed E-state index contributed by atoms with van der Waals surface area (Å²) in [7, 11) is 0. The van der Waals surface area contributed by atoms with E-state index < -0.39 is 6.10 Å². The second kappa shape index (κ2) is 49.2. The molecule has 0 saturated carbocycles. The molecule has 6 nitrogen and oxygen atoms in total. The summed E-state index contributed by atoms with van der Waals surface area (Å²) in [5.74, 6) is -0.986. The summed E-state index contributed by atoms with van der Waals surface area (Å²) >= 11 is 0. The third-order valence-electron chi connectivity index (χ3n) is 10.4. The van der Waals surface area contributed by atoms with Crippen molar-refractivity contribution in [2.75, 3.05) is 13.2 Å². The third-order valence-corrected chi connectivity index (χ3v) is 10.4. The normalized spacial score (nSPS) is 12.8. The second-order valence-corrected chi connectivity index (χ2v) is 16.3. The van der Waals surface area contributed by atoms with E-state index in [2.05, 4.69) is 106 Å². The van der Waals surface area contributed by atoms with Crippen molar-refractivity contribution in [3.8, 4) is 0 Å². The van der Waals surface area contributed by atoms with Crippen molar-refractivity contribution in [2.24, 2.45) is 0 Å². The van der Waals surface area contributed by atoms with Crippen LogP contribution in [0.5, 0.6) is 0 Å². The van der Waals surface area contributed by atoms with Crippen LogP contribution in [-0.2, 0) is 28.6 Å². The Morgan fingerprint density at radius 2 is 0.639 bits per heavy atom. The summed E-state index contributed by atoms with van der Waals surface area (Å²) in [4.78, 5) is 37.8. The summed E-state index contributed by atoms with van der Waals surface area (Å²) in [6, 6.07) is 0. The Hall–Kier alpha value is -3.41. The number of ether oxygens (including phenoxy) is 3. The van der Waals surface area contributed by atoms with Crippen molar-refractivity contribution >= 4 is 17.9 Å². The van der Waals surface area contributed by atoms with E-state index in [-0.39, 0.29) is 37.5 Å². The molecule has 0 radical (unpaired) electrons. The molecule has 1 unspecified atom stereocenters. The number of hydrogen-bond donors (Lipinski definition) is 0. The van der Waals surface area contributed by atoms with Crippen LogP contribution in [0.2, 0.25) is 0 Å². The van der Waals surface area contributed by atoms with Crippen LogP contribution in [0, 0.1) is 0 Å². The lowest BCUT2D eigenvalue weighted by Gasteiger charge is -2.18. The molecule has 0 fully saturated rings. The van der Waals surface area contributed by atoms with Crippen LogP contribution in [0.1, 0.15) is 226 Å². The first-order chi connectivity index (χ1) is 30.0. The first-order valence-electron chi connectivity index (χ1n) is 25.1. The summed E-state index contributed by atoms with van der Waals surface area (Å²) in [6.45, 7) is 6.33. The van der Waals surface area contributed by atoms with Gasteiger partial charge in [0.25, 0.3) is 0 Å². The monoisotopic (exact) mass is 849 g/mol. The number of carbonyl (C=O) groups is 3. The van der Waals surface area contributed by atoms with Gasteiger partial charge in [-0.3, -0.25) is 14.4 Å². The average Bonchev–Trinajstić information content (AvgIpc) is 3.26. The lowest BCUT2D eigenvalue weighted by Crippen LogP contribution is -2.30.